The van der Waals surface area contributed by atoms with E-state index in [9.17, 15) is 22.0 Å². The lowest BCUT2D eigenvalue weighted by Gasteiger charge is -2.14. The van der Waals surface area contributed by atoms with Crippen LogP contribution in [0.2, 0.25) is 0 Å². The van der Waals surface area contributed by atoms with Crippen molar-refractivity contribution in [3.8, 4) is 0 Å². The number of hydrogen-bond donors (Lipinski definition) is 0. The number of halogens is 7. The number of rotatable bonds is 2. The van der Waals surface area contributed by atoms with Crippen molar-refractivity contribution in [3.63, 3.8) is 0 Å². The molecule has 0 atom stereocenters. The largest absolute Gasteiger partial charge is 0.419 e. The molecule has 0 saturated heterocycles. The minimum Gasteiger partial charge on any atom is -0.239 e. The van der Waals surface area contributed by atoms with Gasteiger partial charge < -0.3 is 0 Å². The number of pyridine rings is 1. The van der Waals surface area contributed by atoms with Gasteiger partial charge in [0.05, 0.1) is 5.56 Å². The van der Waals surface area contributed by atoms with Crippen molar-refractivity contribution in [1.82, 2.24) is 4.98 Å². The van der Waals surface area contributed by atoms with Crippen LogP contribution >= 0.6 is 31.9 Å². The van der Waals surface area contributed by atoms with Crippen molar-refractivity contribution < 1.29 is 22.0 Å². The Morgan fingerprint density at radius 3 is 2.25 bits per heavy atom. The molecule has 0 radical (unpaired) electrons. The van der Waals surface area contributed by atoms with E-state index in [0.717, 1.165) is 6.07 Å². The highest BCUT2D eigenvalue weighted by Gasteiger charge is 2.37. The second kappa shape index (κ2) is 4.95. The molecule has 1 aromatic rings. The molecule has 0 aliphatic heterocycles. The van der Waals surface area contributed by atoms with Gasteiger partial charge in [0, 0.05) is 5.33 Å². The number of aromatic nitrogens is 1. The van der Waals surface area contributed by atoms with E-state index in [1.807, 2.05) is 0 Å². The summed E-state index contributed by atoms with van der Waals surface area (Å²) in [5, 5.41) is -0.178. The quantitative estimate of drug-likeness (QED) is 0.419. The summed E-state index contributed by atoms with van der Waals surface area (Å²) >= 11 is 5.38. The minimum absolute atomic E-state index is 0.178. The molecule has 0 unspecified atom stereocenters. The first kappa shape index (κ1) is 13.8. The van der Waals surface area contributed by atoms with Gasteiger partial charge in [-0.1, -0.05) is 15.9 Å². The SMILES string of the molecule is FC(F)c1cc(CBr)c(C(F)(F)F)c(Br)n1. The first-order chi connectivity index (χ1) is 7.27. The summed E-state index contributed by atoms with van der Waals surface area (Å²) in [5.41, 5.74) is -1.99. The average molecular weight is 369 g/mol. The van der Waals surface area contributed by atoms with E-state index >= 15 is 0 Å². The minimum atomic E-state index is -4.63. The van der Waals surface area contributed by atoms with Crippen molar-refractivity contribution >= 4 is 31.9 Å². The Balaban J connectivity index is 3.41. The van der Waals surface area contributed by atoms with Gasteiger partial charge in [0.2, 0.25) is 0 Å². The van der Waals surface area contributed by atoms with Crippen molar-refractivity contribution in [2.75, 3.05) is 0 Å². The maximum atomic E-state index is 12.6. The van der Waals surface area contributed by atoms with Gasteiger partial charge >= 0.3 is 6.18 Å². The highest BCUT2D eigenvalue weighted by Crippen LogP contribution is 2.38. The molecule has 16 heavy (non-hydrogen) atoms. The summed E-state index contributed by atoms with van der Waals surface area (Å²) in [6, 6.07) is 0.743. The predicted molar refractivity (Wildman–Crippen MR) is 54.5 cm³/mol. The topological polar surface area (TPSA) is 12.9 Å². The van der Waals surface area contributed by atoms with E-state index in [0.29, 0.717) is 0 Å². The summed E-state index contributed by atoms with van der Waals surface area (Å²) < 4.78 is 61.7. The van der Waals surface area contributed by atoms with Gasteiger partial charge in [0.1, 0.15) is 10.3 Å². The molecule has 90 valence electrons. The molecule has 0 amide bonds. The van der Waals surface area contributed by atoms with E-state index in [1.165, 1.54) is 0 Å². The fourth-order valence-corrected chi connectivity index (χ4v) is 2.23. The third-order valence-electron chi connectivity index (χ3n) is 1.73. The second-order valence-electron chi connectivity index (χ2n) is 2.80. The third-order valence-corrected chi connectivity index (χ3v) is 2.91. The van der Waals surface area contributed by atoms with Crippen LogP contribution in [0.15, 0.2) is 10.7 Å². The molecule has 0 saturated carbocycles. The molecule has 0 aromatic carbocycles. The summed E-state index contributed by atoms with van der Waals surface area (Å²) in [6.07, 6.45) is -7.54. The van der Waals surface area contributed by atoms with Crippen molar-refractivity contribution in [3.05, 3.63) is 27.5 Å². The Labute approximate surface area is 104 Å². The standard InChI is InChI=1S/C8H4Br2F5N/c9-2-3-1-4(7(11)12)16-6(10)5(3)8(13,14)15/h1,7H,2H2. The highest BCUT2D eigenvalue weighted by atomic mass is 79.9. The van der Waals surface area contributed by atoms with Gasteiger partial charge in [-0.15, -0.1) is 0 Å². The van der Waals surface area contributed by atoms with Crippen LogP contribution < -0.4 is 0 Å². The molecule has 1 heterocycles. The second-order valence-corrected chi connectivity index (χ2v) is 4.12. The normalized spacial score (nSPS) is 12.2. The fraction of sp³-hybridized carbons (Fsp3) is 0.375. The number of hydrogen-bond acceptors (Lipinski definition) is 1. The maximum Gasteiger partial charge on any atom is 0.419 e. The number of nitrogens with zero attached hydrogens (tertiary/aromatic N) is 1. The molecule has 8 heteroatoms. The maximum absolute atomic E-state index is 12.6. The Kier molecular flexibility index (Phi) is 4.28. The van der Waals surface area contributed by atoms with Crippen LogP contribution in [-0.4, -0.2) is 4.98 Å². The van der Waals surface area contributed by atoms with Crippen LogP contribution in [0.3, 0.4) is 0 Å². The molecule has 0 N–H and O–H groups in total. The lowest BCUT2D eigenvalue weighted by molar-refractivity contribution is -0.139. The zero-order valence-corrected chi connectivity index (χ0v) is 10.6. The highest BCUT2D eigenvalue weighted by molar-refractivity contribution is 9.10. The van der Waals surface area contributed by atoms with Gasteiger partial charge in [-0.2, -0.15) is 13.2 Å². The van der Waals surface area contributed by atoms with Crippen molar-refractivity contribution in [2.24, 2.45) is 0 Å². The fourth-order valence-electron chi connectivity index (χ4n) is 1.10. The van der Waals surface area contributed by atoms with Crippen LogP contribution in [0.4, 0.5) is 22.0 Å². The van der Waals surface area contributed by atoms with Crippen LogP contribution in [0.1, 0.15) is 23.2 Å². The van der Waals surface area contributed by atoms with Gasteiger partial charge in [0.15, 0.2) is 0 Å². The molecule has 1 aromatic heterocycles. The lowest BCUT2D eigenvalue weighted by atomic mass is 10.1. The van der Waals surface area contributed by atoms with Gasteiger partial charge in [0.25, 0.3) is 6.43 Å². The molecular formula is C8H4Br2F5N. The van der Waals surface area contributed by atoms with Crippen molar-refractivity contribution in [1.29, 1.82) is 0 Å². The Hall–Kier alpha value is -0.240. The zero-order chi connectivity index (χ0) is 12.5. The van der Waals surface area contributed by atoms with E-state index in [4.69, 9.17) is 0 Å². The van der Waals surface area contributed by atoms with Gasteiger partial charge in [-0.25, -0.2) is 13.8 Å². The van der Waals surface area contributed by atoms with Crippen LogP contribution in [0.25, 0.3) is 0 Å². The molecule has 0 aliphatic rings. The summed E-state index contributed by atoms with van der Waals surface area (Å²) in [6.45, 7) is 0. The van der Waals surface area contributed by atoms with Crippen LogP contribution in [-0.2, 0) is 11.5 Å². The molecule has 1 rings (SSSR count). The van der Waals surface area contributed by atoms with Crippen molar-refractivity contribution in [2.45, 2.75) is 17.9 Å². The molecule has 0 spiro atoms. The van der Waals surface area contributed by atoms with E-state index < -0.39 is 28.5 Å². The van der Waals surface area contributed by atoms with Gasteiger partial charge in [-0.3, -0.25) is 0 Å². The summed E-state index contributed by atoms with van der Waals surface area (Å²) in [4.78, 5) is 3.17. The Bertz CT molecular complexity index is 391. The van der Waals surface area contributed by atoms with Crippen LogP contribution in [0, 0.1) is 0 Å². The summed E-state index contributed by atoms with van der Waals surface area (Å²) in [5.74, 6) is 0. The molecule has 0 aliphatic carbocycles. The Morgan fingerprint density at radius 2 is 1.88 bits per heavy atom. The molecule has 1 nitrogen and oxygen atoms in total. The van der Waals surface area contributed by atoms with E-state index in [1.54, 1.807) is 0 Å². The average Bonchev–Trinajstić information content (AvgIpc) is 2.14. The van der Waals surface area contributed by atoms with E-state index in [-0.39, 0.29) is 10.9 Å². The Morgan fingerprint density at radius 1 is 1.31 bits per heavy atom. The molecular weight excluding hydrogens is 365 g/mol. The smallest absolute Gasteiger partial charge is 0.239 e. The molecule has 0 fully saturated rings. The first-order valence-electron chi connectivity index (χ1n) is 3.88. The molecule has 0 bridgehead atoms. The van der Waals surface area contributed by atoms with E-state index in [2.05, 4.69) is 36.8 Å². The predicted octanol–water partition coefficient (Wildman–Crippen LogP) is 4.70. The van der Waals surface area contributed by atoms with Crippen LogP contribution in [0.5, 0.6) is 0 Å². The lowest BCUT2D eigenvalue weighted by Crippen LogP contribution is -2.12. The monoisotopic (exact) mass is 367 g/mol. The third kappa shape index (κ3) is 2.91. The van der Waals surface area contributed by atoms with Gasteiger partial charge in [-0.05, 0) is 27.6 Å². The summed E-state index contributed by atoms with van der Waals surface area (Å²) in [7, 11) is 0. The zero-order valence-electron chi connectivity index (χ0n) is 7.45. The first-order valence-corrected chi connectivity index (χ1v) is 5.79. The number of alkyl halides is 6.